The van der Waals surface area contributed by atoms with Gasteiger partial charge in [-0.2, -0.15) is 5.10 Å². The van der Waals surface area contributed by atoms with Gasteiger partial charge in [0, 0.05) is 36.1 Å². The van der Waals surface area contributed by atoms with E-state index in [0.717, 1.165) is 40.6 Å². The highest BCUT2D eigenvalue weighted by Gasteiger charge is 2.30. The summed E-state index contributed by atoms with van der Waals surface area (Å²) in [5.41, 5.74) is 3.67. The van der Waals surface area contributed by atoms with E-state index in [1.54, 1.807) is 30.1 Å². The number of carboxylic acid groups (broad SMARTS) is 1. The maximum absolute atomic E-state index is 11.2. The fourth-order valence-electron chi connectivity index (χ4n) is 3.24. The number of fused-ring (bicyclic) bond motifs is 1. The number of nitrogens with zero attached hydrogens (tertiary/aromatic N) is 3. The molecule has 0 spiro atoms. The molecular formula is C19H17ClN4O2S. The number of aryl methyl sites for hydroxylation is 1. The van der Waals surface area contributed by atoms with Gasteiger partial charge in [-0.3, -0.25) is 9.67 Å². The normalized spacial score (nSPS) is 16.3. The van der Waals surface area contributed by atoms with Crippen molar-refractivity contribution in [1.82, 2.24) is 14.8 Å². The lowest BCUT2D eigenvalue weighted by molar-refractivity contribution is 0.0697. The molecule has 1 unspecified atom stereocenters. The standard InChI is InChI=1S/C19H17ClN4O2S/c1-24-18-15(16(23-24)14-4-2-3-7-21-14)17(27-9-8-22-18)12-6-5-11(19(25)26)10-13(12)20/h2-7,10,17,22H,8-9H2,1H3,(H,25,26). The molecular weight excluding hydrogens is 384 g/mol. The molecule has 0 saturated heterocycles. The van der Waals surface area contributed by atoms with Crippen LogP contribution in [0.15, 0.2) is 42.6 Å². The van der Waals surface area contributed by atoms with E-state index in [9.17, 15) is 9.90 Å². The highest BCUT2D eigenvalue weighted by molar-refractivity contribution is 7.99. The number of hydrogen-bond acceptors (Lipinski definition) is 5. The number of benzene rings is 1. The van der Waals surface area contributed by atoms with Gasteiger partial charge >= 0.3 is 5.97 Å². The van der Waals surface area contributed by atoms with E-state index in [4.69, 9.17) is 16.7 Å². The van der Waals surface area contributed by atoms with Gasteiger partial charge < -0.3 is 10.4 Å². The predicted octanol–water partition coefficient (Wildman–Crippen LogP) is 4.08. The largest absolute Gasteiger partial charge is 0.478 e. The van der Waals surface area contributed by atoms with E-state index in [0.29, 0.717) is 5.02 Å². The van der Waals surface area contributed by atoms with E-state index in [2.05, 4.69) is 10.3 Å². The lowest BCUT2D eigenvalue weighted by Gasteiger charge is -2.18. The van der Waals surface area contributed by atoms with Crippen LogP contribution < -0.4 is 5.32 Å². The maximum atomic E-state index is 11.2. The molecule has 3 heterocycles. The zero-order valence-electron chi connectivity index (χ0n) is 14.5. The van der Waals surface area contributed by atoms with Crippen LogP contribution in [0.3, 0.4) is 0 Å². The third kappa shape index (κ3) is 3.28. The number of carbonyl (C=O) groups is 1. The lowest BCUT2D eigenvalue weighted by Crippen LogP contribution is -2.06. The van der Waals surface area contributed by atoms with Crippen LogP contribution in [0.1, 0.15) is 26.7 Å². The summed E-state index contributed by atoms with van der Waals surface area (Å²) in [6.07, 6.45) is 1.75. The molecule has 4 rings (SSSR count). The van der Waals surface area contributed by atoms with Gasteiger partial charge in [-0.25, -0.2) is 4.79 Å². The number of thioether (sulfide) groups is 1. The van der Waals surface area contributed by atoms with Crippen molar-refractivity contribution in [3.05, 3.63) is 64.3 Å². The Balaban J connectivity index is 1.89. The molecule has 1 atom stereocenters. The van der Waals surface area contributed by atoms with Crippen molar-refractivity contribution in [2.75, 3.05) is 17.6 Å². The molecule has 0 bridgehead atoms. The van der Waals surface area contributed by atoms with Crippen molar-refractivity contribution < 1.29 is 9.90 Å². The van der Waals surface area contributed by atoms with E-state index >= 15 is 0 Å². The van der Waals surface area contributed by atoms with Crippen molar-refractivity contribution >= 4 is 35.1 Å². The van der Waals surface area contributed by atoms with Crippen molar-refractivity contribution in [3.63, 3.8) is 0 Å². The monoisotopic (exact) mass is 400 g/mol. The third-order valence-corrected chi connectivity index (χ3v) is 6.05. The molecule has 8 heteroatoms. The number of hydrogen-bond donors (Lipinski definition) is 2. The molecule has 3 aromatic rings. The predicted molar refractivity (Wildman–Crippen MR) is 108 cm³/mol. The van der Waals surface area contributed by atoms with Crippen molar-refractivity contribution in [2.24, 2.45) is 7.05 Å². The Morgan fingerprint density at radius 1 is 1.37 bits per heavy atom. The first kappa shape index (κ1) is 17.9. The van der Waals surface area contributed by atoms with Crippen LogP contribution in [-0.2, 0) is 7.05 Å². The minimum atomic E-state index is -0.991. The first-order valence-electron chi connectivity index (χ1n) is 8.42. The Morgan fingerprint density at radius 3 is 2.93 bits per heavy atom. The van der Waals surface area contributed by atoms with Crippen molar-refractivity contribution in [3.8, 4) is 11.4 Å². The van der Waals surface area contributed by atoms with Gasteiger partial charge in [0.1, 0.15) is 11.5 Å². The molecule has 1 aliphatic heterocycles. The number of anilines is 1. The Bertz CT molecular complexity index is 1010. The average molecular weight is 401 g/mol. The maximum Gasteiger partial charge on any atom is 0.335 e. The molecule has 2 N–H and O–H groups in total. The highest BCUT2D eigenvalue weighted by atomic mass is 35.5. The Kier molecular flexibility index (Phi) is 4.80. The summed E-state index contributed by atoms with van der Waals surface area (Å²) in [5.74, 6) is 0.830. The van der Waals surface area contributed by atoms with Gasteiger partial charge in [-0.1, -0.05) is 23.7 Å². The Hall–Kier alpha value is -2.51. The summed E-state index contributed by atoms with van der Waals surface area (Å²) in [4.78, 5) is 15.7. The molecule has 2 aromatic heterocycles. The summed E-state index contributed by atoms with van der Waals surface area (Å²) < 4.78 is 1.83. The number of nitrogens with one attached hydrogen (secondary N) is 1. The van der Waals surface area contributed by atoms with E-state index in [-0.39, 0.29) is 10.8 Å². The second kappa shape index (κ2) is 7.25. The first-order chi connectivity index (χ1) is 13.1. The fourth-order valence-corrected chi connectivity index (χ4v) is 4.82. The van der Waals surface area contributed by atoms with Gasteiger partial charge in [0.2, 0.25) is 0 Å². The number of pyridine rings is 1. The second-order valence-corrected chi connectivity index (χ2v) is 7.79. The summed E-state index contributed by atoms with van der Waals surface area (Å²) in [7, 11) is 1.90. The Labute approximate surface area is 165 Å². The fraction of sp³-hybridized carbons (Fsp3) is 0.211. The molecule has 0 aliphatic carbocycles. The molecule has 0 fully saturated rings. The van der Waals surface area contributed by atoms with E-state index in [1.807, 2.05) is 29.9 Å². The molecule has 0 amide bonds. The Morgan fingerprint density at radius 2 is 2.22 bits per heavy atom. The number of aromatic nitrogens is 3. The molecule has 138 valence electrons. The average Bonchev–Trinajstić information content (AvgIpc) is 2.85. The van der Waals surface area contributed by atoms with Crippen LogP contribution in [0.25, 0.3) is 11.4 Å². The molecule has 1 aromatic carbocycles. The lowest BCUT2D eigenvalue weighted by atomic mass is 10.0. The summed E-state index contributed by atoms with van der Waals surface area (Å²) in [6, 6.07) is 10.6. The van der Waals surface area contributed by atoms with Crippen LogP contribution in [0.2, 0.25) is 5.02 Å². The second-order valence-electron chi connectivity index (χ2n) is 6.17. The van der Waals surface area contributed by atoms with Crippen LogP contribution in [0.4, 0.5) is 5.82 Å². The van der Waals surface area contributed by atoms with Crippen LogP contribution in [-0.4, -0.2) is 38.1 Å². The zero-order valence-corrected chi connectivity index (χ0v) is 16.1. The number of aromatic carboxylic acids is 1. The van der Waals surface area contributed by atoms with E-state index < -0.39 is 5.97 Å². The molecule has 1 aliphatic rings. The molecule has 0 radical (unpaired) electrons. The summed E-state index contributed by atoms with van der Waals surface area (Å²) in [5, 5.41) is 17.7. The van der Waals surface area contributed by atoms with Crippen molar-refractivity contribution in [1.29, 1.82) is 0 Å². The summed E-state index contributed by atoms with van der Waals surface area (Å²) in [6.45, 7) is 0.806. The van der Waals surface area contributed by atoms with Crippen molar-refractivity contribution in [2.45, 2.75) is 5.25 Å². The molecule has 6 nitrogen and oxygen atoms in total. The van der Waals surface area contributed by atoms with Gasteiger partial charge in [-0.15, -0.1) is 11.8 Å². The van der Waals surface area contributed by atoms with Crippen LogP contribution in [0.5, 0.6) is 0 Å². The van der Waals surface area contributed by atoms with Gasteiger partial charge in [-0.05, 0) is 29.8 Å². The number of carboxylic acids is 1. The van der Waals surface area contributed by atoms with E-state index in [1.165, 1.54) is 6.07 Å². The first-order valence-corrected chi connectivity index (χ1v) is 9.85. The summed E-state index contributed by atoms with van der Waals surface area (Å²) >= 11 is 8.25. The van der Waals surface area contributed by atoms with Gasteiger partial charge in [0.25, 0.3) is 0 Å². The quantitative estimate of drug-likeness (QED) is 0.689. The molecule has 0 saturated carbocycles. The minimum absolute atomic E-state index is 0.0731. The van der Waals surface area contributed by atoms with Gasteiger partial charge in [0.15, 0.2) is 0 Å². The molecule has 27 heavy (non-hydrogen) atoms. The number of rotatable bonds is 3. The minimum Gasteiger partial charge on any atom is -0.478 e. The highest BCUT2D eigenvalue weighted by Crippen LogP contribution is 2.47. The third-order valence-electron chi connectivity index (χ3n) is 4.46. The SMILES string of the molecule is Cn1nc(-c2ccccn2)c2c1NCCSC2c1ccc(C(=O)O)cc1Cl. The smallest absolute Gasteiger partial charge is 0.335 e. The zero-order chi connectivity index (χ0) is 19.0. The number of halogens is 1. The van der Waals surface area contributed by atoms with Gasteiger partial charge in [0.05, 0.1) is 16.5 Å². The van der Waals surface area contributed by atoms with Crippen LogP contribution >= 0.6 is 23.4 Å². The topological polar surface area (TPSA) is 80.0 Å². The van der Waals surface area contributed by atoms with Crippen LogP contribution in [0, 0.1) is 0 Å².